The second-order valence-corrected chi connectivity index (χ2v) is 15.3. The summed E-state index contributed by atoms with van der Waals surface area (Å²) in [6.07, 6.45) is 6.53. The summed E-state index contributed by atoms with van der Waals surface area (Å²) < 4.78 is 2.55. The molecule has 52 heavy (non-hydrogen) atoms. The van der Waals surface area contributed by atoms with E-state index in [2.05, 4.69) is 164 Å². The van der Waals surface area contributed by atoms with Gasteiger partial charge in [0.05, 0.1) is 17.1 Å². The van der Waals surface area contributed by atoms with E-state index in [9.17, 15) is 0 Å². The molecular formula is C47H31N3S2. The third-order valence-electron chi connectivity index (χ3n) is 9.84. The summed E-state index contributed by atoms with van der Waals surface area (Å²) in [6, 6.07) is 54.0. The summed E-state index contributed by atoms with van der Waals surface area (Å²) in [7, 11) is 0. The average Bonchev–Trinajstić information content (AvgIpc) is 3.83. The number of thiazole rings is 1. The maximum absolute atomic E-state index is 5.19. The topological polar surface area (TPSA) is 38.7 Å². The van der Waals surface area contributed by atoms with Crippen LogP contribution < -0.4 is 0 Å². The minimum atomic E-state index is 0.707. The molecule has 3 nitrogen and oxygen atoms in total. The Hall–Kier alpha value is -6.01. The summed E-state index contributed by atoms with van der Waals surface area (Å²) in [4.78, 5) is 16.7. The smallest absolute Gasteiger partial charge is 0.160 e. The molecule has 6 aromatic carbocycles. The fourth-order valence-electron chi connectivity index (χ4n) is 7.04. The molecule has 0 saturated heterocycles. The van der Waals surface area contributed by atoms with Crippen LogP contribution in [0, 0.1) is 0 Å². The second-order valence-electron chi connectivity index (χ2n) is 13.1. The van der Waals surface area contributed by atoms with E-state index in [4.69, 9.17) is 15.0 Å². The summed E-state index contributed by atoms with van der Waals surface area (Å²) in [6.45, 7) is 0. The van der Waals surface area contributed by atoms with Gasteiger partial charge in [-0.15, -0.1) is 22.7 Å². The summed E-state index contributed by atoms with van der Waals surface area (Å²) in [5.41, 5.74) is 11.9. The third-order valence-corrected chi connectivity index (χ3v) is 12.2. The van der Waals surface area contributed by atoms with Crippen molar-refractivity contribution in [1.82, 2.24) is 15.0 Å². The Morgan fingerprint density at radius 1 is 0.423 bits per heavy atom. The van der Waals surface area contributed by atoms with Gasteiger partial charge in [-0.3, -0.25) is 0 Å². The van der Waals surface area contributed by atoms with Crippen molar-refractivity contribution in [2.75, 3.05) is 0 Å². The van der Waals surface area contributed by atoms with E-state index < -0.39 is 0 Å². The van der Waals surface area contributed by atoms with Gasteiger partial charge in [-0.1, -0.05) is 140 Å². The number of hydrogen-bond acceptors (Lipinski definition) is 5. The molecular weight excluding hydrogens is 671 g/mol. The molecule has 0 bridgehead atoms. The summed E-state index contributed by atoms with van der Waals surface area (Å²) in [5, 5.41) is 3.64. The Morgan fingerprint density at radius 3 is 1.73 bits per heavy atom. The number of aromatic nitrogens is 3. The zero-order chi connectivity index (χ0) is 34.4. The Balaban J connectivity index is 1.02. The van der Waals surface area contributed by atoms with Crippen molar-refractivity contribution >= 4 is 48.9 Å². The Morgan fingerprint density at radius 2 is 1.00 bits per heavy atom. The van der Waals surface area contributed by atoms with Gasteiger partial charge in [-0.2, -0.15) is 0 Å². The number of benzene rings is 6. The predicted octanol–water partition coefficient (Wildman–Crippen LogP) is 13.3. The van der Waals surface area contributed by atoms with E-state index in [1.54, 1.807) is 11.3 Å². The average molecular weight is 702 g/mol. The van der Waals surface area contributed by atoms with Crippen molar-refractivity contribution in [2.45, 2.75) is 12.8 Å². The molecule has 0 saturated carbocycles. The van der Waals surface area contributed by atoms with Crippen molar-refractivity contribution in [3.8, 4) is 66.7 Å². The van der Waals surface area contributed by atoms with Crippen LogP contribution in [-0.2, 0) is 6.42 Å². The molecule has 1 aliphatic carbocycles. The molecule has 0 fully saturated rings. The Labute approximate surface area is 310 Å². The standard InChI is InChI=1S/C47H31N3S2/c1-2-8-30(9-3-1)31-14-16-32(17-15-31)33-18-22-35(23-19-33)46-48-41(34-20-24-36(25-21-34)47-50-40-11-5-7-13-44(40)52-47)29-42(49-46)37-26-27-39-38-10-4-6-12-43(38)51-45(39)28-37/h1-6,8-12,14-29H,7,13H2. The minimum absolute atomic E-state index is 0.707. The first kappa shape index (κ1) is 30.8. The first-order valence-electron chi connectivity index (χ1n) is 17.6. The molecule has 0 amide bonds. The van der Waals surface area contributed by atoms with Gasteiger partial charge in [-0.05, 0) is 59.4 Å². The first-order chi connectivity index (χ1) is 25.7. The maximum atomic E-state index is 5.19. The van der Waals surface area contributed by atoms with Crippen LogP contribution in [-0.4, -0.2) is 15.0 Å². The van der Waals surface area contributed by atoms with Crippen LogP contribution in [0.1, 0.15) is 17.0 Å². The van der Waals surface area contributed by atoms with Crippen molar-refractivity contribution in [3.63, 3.8) is 0 Å². The predicted molar refractivity (Wildman–Crippen MR) is 221 cm³/mol. The molecule has 9 aromatic rings. The number of aryl methyl sites for hydroxylation is 1. The molecule has 10 rings (SSSR count). The van der Waals surface area contributed by atoms with Gasteiger partial charge in [0.2, 0.25) is 0 Å². The van der Waals surface area contributed by atoms with Crippen LogP contribution in [0.3, 0.4) is 0 Å². The largest absolute Gasteiger partial charge is 0.236 e. The maximum Gasteiger partial charge on any atom is 0.160 e. The highest BCUT2D eigenvalue weighted by molar-refractivity contribution is 7.25. The van der Waals surface area contributed by atoms with Crippen molar-refractivity contribution in [3.05, 3.63) is 168 Å². The van der Waals surface area contributed by atoms with Gasteiger partial charge >= 0.3 is 0 Å². The van der Waals surface area contributed by atoms with Gasteiger partial charge in [0, 0.05) is 47.3 Å². The van der Waals surface area contributed by atoms with Crippen LogP contribution in [0.2, 0.25) is 0 Å². The van der Waals surface area contributed by atoms with E-state index in [0.717, 1.165) is 62.7 Å². The lowest BCUT2D eigenvalue weighted by Crippen LogP contribution is -1.96. The minimum Gasteiger partial charge on any atom is -0.236 e. The van der Waals surface area contributed by atoms with Crippen LogP contribution in [0.5, 0.6) is 0 Å². The van der Waals surface area contributed by atoms with Gasteiger partial charge < -0.3 is 0 Å². The van der Waals surface area contributed by atoms with Crippen molar-refractivity contribution < 1.29 is 0 Å². The second kappa shape index (κ2) is 13.0. The van der Waals surface area contributed by atoms with E-state index in [0.29, 0.717) is 5.82 Å². The van der Waals surface area contributed by atoms with Gasteiger partial charge in [0.15, 0.2) is 5.82 Å². The number of thiophene rings is 1. The Kier molecular flexibility index (Phi) is 7.67. The molecule has 0 N–H and O–H groups in total. The molecule has 0 unspecified atom stereocenters. The third kappa shape index (κ3) is 5.74. The number of rotatable bonds is 6. The fourth-order valence-corrected chi connectivity index (χ4v) is 9.26. The monoisotopic (exact) mass is 701 g/mol. The highest BCUT2D eigenvalue weighted by Gasteiger charge is 2.16. The number of fused-ring (bicyclic) bond motifs is 4. The lowest BCUT2D eigenvalue weighted by atomic mass is 9.99. The first-order valence-corrected chi connectivity index (χ1v) is 19.2. The molecule has 0 atom stereocenters. The molecule has 246 valence electrons. The molecule has 5 heteroatoms. The highest BCUT2D eigenvalue weighted by Crippen LogP contribution is 2.38. The Bertz CT molecular complexity index is 2760. The molecule has 3 heterocycles. The molecule has 0 spiro atoms. The SMILES string of the molecule is C1=Cc2nc(-c3ccc(-c4cc(-c5ccc6c(c5)sc5ccccc56)nc(-c5ccc(-c6ccc(-c7ccccc7)cc6)cc5)n4)cc3)sc2CC1. The lowest BCUT2D eigenvalue weighted by molar-refractivity contribution is 1.00. The van der Waals surface area contributed by atoms with E-state index >= 15 is 0 Å². The summed E-state index contributed by atoms with van der Waals surface area (Å²) >= 11 is 3.63. The zero-order valence-corrected chi connectivity index (χ0v) is 29.8. The quantitative estimate of drug-likeness (QED) is 0.173. The van der Waals surface area contributed by atoms with E-state index in [1.807, 2.05) is 11.3 Å². The molecule has 0 aliphatic heterocycles. The van der Waals surface area contributed by atoms with E-state index in [-0.39, 0.29) is 0 Å². The van der Waals surface area contributed by atoms with Gasteiger partial charge in [-0.25, -0.2) is 15.0 Å². The van der Waals surface area contributed by atoms with Crippen LogP contribution in [0.15, 0.2) is 158 Å². The van der Waals surface area contributed by atoms with Crippen LogP contribution in [0.25, 0.3) is 93.0 Å². The lowest BCUT2D eigenvalue weighted by Gasteiger charge is -2.11. The molecule has 1 aliphatic rings. The van der Waals surface area contributed by atoms with Crippen molar-refractivity contribution in [1.29, 1.82) is 0 Å². The number of hydrogen-bond donors (Lipinski definition) is 0. The van der Waals surface area contributed by atoms with Crippen LogP contribution >= 0.6 is 22.7 Å². The number of nitrogens with zero attached hydrogens (tertiary/aromatic N) is 3. The fraction of sp³-hybridized carbons (Fsp3) is 0.0426. The van der Waals surface area contributed by atoms with Gasteiger partial charge in [0.25, 0.3) is 0 Å². The molecule has 3 aromatic heterocycles. The normalized spacial score (nSPS) is 12.4. The zero-order valence-electron chi connectivity index (χ0n) is 28.2. The highest BCUT2D eigenvalue weighted by atomic mass is 32.1. The summed E-state index contributed by atoms with van der Waals surface area (Å²) in [5.74, 6) is 0.707. The van der Waals surface area contributed by atoms with Crippen molar-refractivity contribution in [2.24, 2.45) is 0 Å². The van der Waals surface area contributed by atoms with Gasteiger partial charge in [0.1, 0.15) is 5.01 Å². The van der Waals surface area contributed by atoms with Crippen LogP contribution in [0.4, 0.5) is 0 Å². The number of allylic oxidation sites excluding steroid dienone is 1. The van der Waals surface area contributed by atoms with E-state index in [1.165, 1.54) is 41.7 Å². The molecule has 0 radical (unpaired) electrons.